The third kappa shape index (κ3) is 4.19. The highest BCUT2D eigenvalue weighted by Gasteiger charge is 2.22. The summed E-state index contributed by atoms with van der Waals surface area (Å²) in [5, 5.41) is 20.0. The van der Waals surface area contributed by atoms with E-state index in [4.69, 9.17) is 42.9 Å². The van der Waals surface area contributed by atoms with Gasteiger partial charge in [0, 0.05) is 10.8 Å². The average Bonchev–Trinajstić information content (AvgIpc) is 2.80. The normalized spacial score (nSPS) is 10.7. The summed E-state index contributed by atoms with van der Waals surface area (Å²) in [5.74, 6) is -1.18. The lowest BCUT2D eigenvalue weighted by Crippen LogP contribution is -1.98. The first-order chi connectivity index (χ1) is 15.3. The highest BCUT2D eigenvalue weighted by atomic mass is 35.5. The smallest absolute Gasteiger partial charge is 0.335 e. The standard InChI is InChI=1S/C24H14Cl2O6/c25-19-17-3-1-2-4-18(17)20(26)22(32-16-11-7-14(8-12-16)24(29)30)21(19)31-15-9-5-13(6-10-15)23(27)28/h1-12H,(H,27,28)(H,29,30). The summed E-state index contributed by atoms with van der Waals surface area (Å²) in [6.45, 7) is 0. The topological polar surface area (TPSA) is 93.1 Å². The van der Waals surface area contributed by atoms with Gasteiger partial charge < -0.3 is 19.7 Å². The van der Waals surface area contributed by atoms with E-state index in [9.17, 15) is 9.59 Å². The molecule has 0 aliphatic carbocycles. The molecule has 0 bridgehead atoms. The first kappa shape index (κ1) is 21.5. The van der Waals surface area contributed by atoms with E-state index in [-0.39, 0.29) is 32.7 Å². The Hall–Kier alpha value is -3.74. The van der Waals surface area contributed by atoms with Crippen LogP contribution in [0.5, 0.6) is 23.0 Å². The van der Waals surface area contributed by atoms with Crippen LogP contribution in [0.4, 0.5) is 0 Å². The Morgan fingerprint density at radius 1 is 0.594 bits per heavy atom. The maximum absolute atomic E-state index is 11.1. The molecule has 0 heterocycles. The van der Waals surface area contributed by atoms with Crippen molar-refractivity contribution in [1.29, 1.82) is 0 Å². The van der Waals surface area contributed by atoms with Crippen LogP contribution in [-0.2, 0) is 0 Å². The Morgan fingerprint density at radius 2 is 0.938 bits per heavy atom. The van der Waals surface area contributed by atoms with Crippen molar-refractivity contribution in [2.75, 3.05) is 0 Å². The van der Waals surface area contributed by atoms with Crippen LogP contribution < -0.4 is 9.47 Å². The zero-order valence-corrected chi connectivity index (χ0v) is 17.7. The number of aromatic carboxylic acids is 2. The molecule has 2 N–H and O–H groups in total. The van der Waals surface area contributed by atoms with E-state index in [0.717, 1.165) is 0 Å². The van der Waals surface area contributed by atoms with Crippen molar-refractivity contribution in [1.82, 2.24) is 0 Å². The molecule has 0 atom stereocenters. The van der Waals surface area contributed by atoms with Gasteiger partial charge in [0.05, 0.1) is 21.2 Å². The molecule has 0 fully saturated rings. The van der Waals surface area contributed by atoms with Crippen LogP contribution in [-0.4, -0.2) is 22.2 Å². The van der Waals surface area contributed by atoms with Gasteiger partial charge in [-0.25, -0.2) is 9.59 Å². The molecule has 0 unspecified atom stereocenters. The van der Waals surface area contributed by atoms with Crippen LogP contribution in [0.3, 0.4) is 0 Å². The minimum absolute atomic E-state index is 0.106. The molecule has 0 spiro atoms. The molecule has 0 aliphatic rings. The number of halogens is 2. The van der Waals surface area contributed by atoms with E-state index in [1.54, 1.807) is 24.3 Å². The fourth-order valence-electron chi connectivity index (χ4n) is 3.06. The maximum atomic E-state index is 11.1. The molecule has 4 aromatic carbocycles. The van der Waals surface area contributed by atoms with Crippen LogP contribution in [0.25, 0.3) is 10.8 Å². The SMILES string of the molecule is O=C(O)c1ccc(Oc2c(Oc3ccc(C(=O)O)cc3)c(Cl)c3ccccc3c2Cl)cc1. The maximum Gasteiger partial charge on any atom is 0.335 e. The molecular formula is C24H14Cl2O6. The number of hydrogen-bond acceptors (Lipinski definition) is 4. The molecule has 4 rings (SSSR count). The van der Waals surface area contributed by atoms with Crippen LogP contribution in [0.15, 0.2) is 72.8 Å². The molecule has 0 saturated heterocycles. The summed E-state index contributed by atoms with van der Waals surface area (Å²) >= 11 is 13.3. The molecule has 0 amide bonds. The Bertz CT molecular complexity index is 1230. The highest BCUT2D eigenvalue weighted by Crippen LogP contribution is 2.50. The fraction of sp³-hybridized carbons (Fsp3) is 0. The van der Waals surface area contributed by atoms with Crippen molar-refractivity contribution in [3.8, 4) is 23.0 Å². The Morgan fingerprint density at radius 3 is 1.25 bits per heavy atom. The highest BCUT2D eigenvalue weighted by molar-refractivity contribution is 6.43. The number of carboxylic acid groups (broad SMARTS) is 2. The van der Waals surface area contributed by atoms with Crippen LogP contribution in [0.1, 0.15) is 20.7 Å². The second-order valence-electron chi connectivity index (χ2n) is 6.69. The number of benzene rings is 4. The summed E-state index contributed by atoms with van der Waals surface area (Å²) in [6, 6.07) is 18.8. The van der Waals surface area contributed by atoms with E-state index in [0.29, 0.717) is 22.3 Å². The molecule has 0 radical (unpaired) electrons. The van der Waals surface area contributed by atoms with Gasteiger partial charge in [-0.1, -0.05) is 47.5 Å². The van der Waals surface area contributed by atoms with Crippen LogP contribution >= 0.6 is 23.2 Å². The van der Waals surface area contributed by atoms with Gasteiger partial charge >= 0.3 is 11.9 Å². The predicted molar refractivity (Wildman–Crippen MR) is 121 cm³/mol. The first-order valence-corrected chi connectivity index (χ1v) is 10.0. The summed E-state index contributed by atoms with van der Waals surface area (Å²) in [5.41, 5.74) is 0.213. The largest absolute Gasteiger partial charge is 0.478 e. The zero-order chi connectivity index (χ0) is 22.8. The number of carbonyl (C=O) groups is 2. The van der Waals surface area contributed by atoms with Crippen molar-refractivity contribution >= 4 is 45.9 Å². The van der Waals surface area contributed by atoms with E-state index < -0.39 is 11.9 Å². The lowest BCUT2D eigenvalue weighted by molar-refractivity contribution is 0.0686. The van der Waals surface area contributed by atoms with Crippen LogP contribution in [0, 0.1) is 0 Å². The number of hydrogen-bond donors (Lipinski definition) is 2. The van der Waals surface area contributed by atoms with Crippen molar-refractivity contribution in [2.24, 2.45) is 0 Å². The molecule has 0 aliphatic heterocycles. The van der Waals surface area contributed by atoms with Gasteiger partial charge in [0.2, 0.25) is 0 Å². The van der Waals surface area contributed by atoms with E-state index in [1.807, 2.05) is 0 Å². The molecular weight excluding hydrogens is 455 g/mol. The predicted octanol–water partition coefficient (Wildman–Crippen LogP) is 7.13. The Labute approximate surface area is 192 Å². The summed E-state index contributed by atoms with van der Waals surface area (Å²) in [4.78, 5) is 22.2. The fourth-order valence-corrected chi connectivity index (χ4v) is 3.64. The van der Waals surface area contributed by atoms with Gasteiger partial charge in [0.15, 0.2) is 11.5 Å². The zero-order valence-electron chi connectivity index (χ0n) is 16.2. The summed E-state index contributed by atoms with van der Waals surface area (Å²) in [7, 11) is 0. The van der Waals surface area contributed by atoms with Crippen molar-refractivity contribution in [2.45, 2.75) is 0 Å². The Balaban J connectivity index is 1.81. The molecule has 32 heavy (non-hydrogen) atoms. The van der Waals surface area contributed by atoms with E-state index in [2.05, 4.69) is 0 Å². The molecule has 0 saturated carbocycles. The van der Waals surface area contributed by atoms with Crippen molar-refractivity contribution in [3.05, 3.63) is 94.0 Å². The number of carboxylic acids is 2. The number of rotatable bonds is 6. The summed E-state index contributed by atoms with van der Waals surface area (Å²) < 4.78 is 11.9. The third-order valence-corrected chi connectivity index (χ3v) is 5.40. The van der Waals surface area contributed by atoms with Crippen molar-refractivity contribution < 1.29 is 29.3 Å². The second kappa shape index (κ2) is 8.78. The quantitative estimate of drug-likeness (QED) is 0.312. The second-order valence-corrected chi connectivity index (χ2v) is 7.45. The number of fused-ring (bicyclic) bond motifs is 1. The van der Waals surface area contributed by atoms with Crippen molar-refractivity contribution in [3.63, 3.8) is 0 Å². The third-order valence-electron chi connectivity index (χ3n) is 4.65. The minimum Gasteiger partial charge on any atom is -0.478 e. The molecule has 8 heteroatoms. The van der Waals surface area contributed by atoms with Gasteiger partial charge in [0.1, 0.15) is 11.5 Å². The molecule has 4 aromatic rings. The monoisotopic (exact) mass is 468 g/mol. The lowest BCUT2D eigenvalue weighted by atomic mass is 10.1. The summed E-state index contributed by atoms with van der Waals surface area (Å²) in [6.07, 6.45) is 0. The van der Waals surface area contributed by atoms with Crippen LogP contribution in [0.2, 0.25) is 10.0 Å². The molecule has 160 valence electrons. The first-order valence-electron chi connectivity index (χ1n) is 9.27. The lowest BCUT2D eigenvalue weighted by Gasteiger charge is -2.18. The molecule has 0 aromatic heterocycles. The van der Waals surface area contributed by atoms with Gasteiger partial charge in [-0.3, -0.25) is 0 Å². The number of ether oxygens (including phenoxy) is 2. The Kier molecular flexibility index (Phi) is 5.90. The van der Waals surface area contributed by atoms with Gasteiger partial charge in [-0.05, 0) is 48.5 Å². The van der Waals surface area contributed by atoms with E-state index in [1.165, 1.54) is 48.5 Å². The van der Waals surface area contributed by atoms with Gasteiger partial charge in [0.25, 0.3) is 0 Å². The van der Waals surface area contributed by atoms with Gasteiger partial charge in [-0.15, -0.1) is 0 Å². The average molecular weight is 469 g/mol. The van der Waals surface area contributed by atoms with E-state index >= 15 is 0 Å². The molecule has 6 nitrogen and oxygen atoms in total. The minimum atomic E-state index is -1.06. The van der Waals surface area contributed by atoms with Gasteiger partial charge in [-0.2, -0.15) is 0 Å².